The molecule has 0 spiro atoms. The van der Waals surface area contributed by atoms with Gasteiger partial charge in [-0.25, -0.2) is 0 Å². The summed E-state index contributed by atoms with van der Waals surface area (Å²) < 4.78 is 10.4. The second kappa shape index (κ2) is 4.87. The number of hydrogen-bond acceptors (Lipinski definition) is 4. The van der Waals surface area contributed by atoms with Crippen molar-refractivity contribution in [3.05, 3.63) is 24.2 Å². The molecule has 3 nitrogen and oxygen atoms in total. The van der Waals surface area contributed by atoms with Gasteiger partial charge < -0.3 is 14.3 Å². The molecule has 2 heterocycles. The van der Waals surface area contributed by atoms with Gasteiger partial charge in [0.2, 0.25) is 0 Å². The van der Waals surface area contributed by atoms with Crippen molar-refractivity contribution in [2.45, 2.75) is 31.0 Å². The van der Waals surface area contributed by atoms with Crippen LogP contribution in [0.2, 0.25) is 0 Å². The van der Waals surface area contributed by atoms with Crippen LogP contribution in [0.15, 0.2) is 22.8 Å². The minimum absolute atomic E-state index is 0.241. The largest absolute Gasteiger partial charge is 0.467 e. The number of ether oxygens (including phenoxy) is 1. The molecule has 0 radical (unpaired) electrons. The highest BCUT2D eigenvalue weighted by Crippen LogP contribution is 2.29. The average Bonchev–Trinajstić information content (AvgIpc) is 2.87. The Bertz CT molecular complexity index is 254. The third-order valence-corrected chi connectivity index (χ3v) is 3.68. The maximum atomic E-state index is 9.66. The van der Waals surface area contributed by atoms with Gasteiger partial charge in [-0.2, -0.15) is 11.8 Å². The van der Waals surface area contributed by atoms with E-state index in [-0.39, 0.29) is 5.25 Å². The lowest BCUT2D eigenvalue weighted by Gasteiger charge is -2.16. The summed E-state index contributed by atoms with van der Waals surface area (Å²) in [5.41, 5.74) is 0. The number of rotatable bonds is 4. The Morgan fingerprint density at radius 2 is 2.64 bits per heavy atom. The molecule has 1 aliphatic heterocycles. The van der Waals surface area contributed by atoms with Crippen LogP contribution < -0.4 is 0 Å². The van der Waals surface area contributed by atoms with Crippen molar-refractivity contribution in [2.75, 3.05) is 5.75 Å². The first-order valence-corrected chi connectivity index (χ1v) is 5.85. The molecular formula is C10H14O3S. The molecule has 14 heavy (non-hydrogen) atoms. The first-order valence-electron chi connectivity index (χ1n) is 4.80. The fraction of sp³-hybridized carbons (Fsp3) is 0.600. The molecule has 2 atom stereocenters. The Morgan fingerprint density at radius 1 is 1.71 bits per heavy atom. The van der Waals surface area contributed by atoms with Crippen molar-refractivity contribution in [2.24, 2.45) is 0 Å². The van der Waals surface area contributed by atoms with Gasteiger partial charge in [0.05, 0.1) is 11.5 Å². The molecule has 1 aromatic heterocycles. The summed E-state index contributed by atoms with van der Waals surface area (Å²) in [6, 6.07) is 3.66. The van der Waals surface area contributed by atoms with E-state index in [0.717, 1.165) is 17.9 Å². The standard InChI is InChI=1S/C10H14O3S/c11-10(9-4-2-6-14-9)13-7-8-3-1-5-12-8/h1,3,5,9-11H,2,4,6-7H2. The normalized spacial score (nSPS) is 23.9. The van der Waals surface area contributed by atoms with Crippen LogP contribution >= 0.6 is 11.8 Å². The fourth-order valence-electron chi connectivity index (χ4n) is 1.50. The van der Waals surface area contributed by atoms with E-state index in [1.54, 1.807) is 18.0 Å². The van der Waals surface area contributed by atoms with Crippen LogP contribution in [-0.4, -0.2) is 22.4 Å². The van der Waals surface area contributed by atoms with Crippen molar-refractivity contribution >= 4 is 11.8 Å². The molecule has 4 heteroatoms. The molecule has 0 bridgehead atoms. The molecule has 1 aliphatic rings. The summed E-state index contributed by atoms with van der Waals surface area (Å²) in [7, 11) is 0. The van der Waals surface area contributed by atoms with Crippen molar-refractivity contribution in [3.63, 3.8) is 0 Å². The lowest BCUT2D eigenvalue weighted by Crippen LogP contribution is -2.23. The zero-order chi connectivity index (χ0) is 9.80. The monoisotopic (exact) mass is 214 g/mol. The van der Waals surface area contributed by atoms with Crippen LogP contribution in [0.5, 0.6) is 0 Å². The predicted octanol–water partition coefficient (Wildman–Crippen LogP) is 2.01. The van der Waals surface area contributed by atoms with Crippen LogP contribution in [-0.2, 0) is 11.3 Å². The summed E-state index contributed by atoms with van der Waals surface area (Å²) in [4.78, 5) is 0. The first-order chi connectivity index (χ1) is 6.86. The molecule has 1 N–H and O–H groups in total. The van der Waals surface area contributed by atoms with E-state index in [2.05, 4.69) is 0 Å². The van der Waals surface area contributed by atoms with Crippen LogP contribution in [0.25, 0.3) is 0 Å². The Kier molecular flexibility index (Phi) is 3.50. The van der Waals surface area contributed by atoms with Gasteiger partial charge in [-0.15, -0.1) is 0 Å². The van der Waals surface area contributed by atoms with Gasteiger partial charge >= 0.3 is 0 Å². The van der Waals surface area contributed by atoms with E-state index in [9.17, 15) is 5.11 Å². The lowest BCUT2D eigenvalue weighted by atomic mass is 10.2. The zero-order valence-corrected chi connectivity index (χ0v) is 8.70. The third-order valence-electron chi connectivity index (χ3n) is 2.26. The highest BCUT2D eigenvalue weighted by atomic mass is 32.2. The number of furan rings is 1. The zero-order valence-electron chi connectivity index (χ0n) is 7.89. The molecular weight excluding hydrogens is 200 g/mol. The molecule has 2 rings (SSSR count). The Labute approximate surface area is 87.4 Å². The first kappa shape index (κ1) is 10.1. The summed E-state index contributed by atoms with van der Waals surface area (Å²) in [5, 5.41) is 9.90. The maximum Gasteiger partial charge on any atom is 0.167 e. The molecule has 0 saturated carbocycles. The number of aliphatic hydroxyl groups is 1. The topological polar surface area (TPSA) is 42.6 Å². The number of hydrogen-bond donors (Lipinski definition) is 1. The van der Waals surface area contributed by atoms with E-state index >= 15 is 0 Å². The van der Waals surface area contributed by atoms with Crippen LogP contribution in [0.1, 0.15) is 18.6 Å². The lowest BCUT2D eigenvalue weighted by molar-refractivity contribution is -0.111. The number of thioether (sulfide) groups is 1. The molecule has 1 aromatic rings. The smallest absolute Gasteiger partial charge is 0.167 e. The minimum Gasteiger partial charge on any atom is -0.467 e. The summed E-state index contributed by atoms with van der Waals surface area (Å²) >= 11 is 1.78. The second-order valence-corrected chi connectivity index (χ2v) is 4.68. The van der Waals surface area contributed by atoms with Crippen LogP contribution in [0, 0.1) is 0 Å². The summed E-state index contributed by atoms with van der Waals surface area (Å²) in [5.74, 6) is 1.89. The van der Waals surface area contributed by atoms with E-state index in [1.807, 2.05) is 12.1 Å². The van der Waals surface area contributed by atoms with Crippen molar-refractivity contribution < 1.29 is 14.3 Å². The molecule has 0 amide bonds. The average molecular weight is 214 g/mol. The summed E-state index contributed by atoms with van der Waals surface area (Å²) in [6.45, 7) is 0.352. The van der Waals surface area contributed by atoms with Gasteiger partial charge in [-0.05, 0) is 30.7 Å². The van der Waals surface area contributed by atoms with Crippen molar-refractivity contribution in [1.29, 1.82) is 0 Å². The number of aliphatic hydroxyl groups excluding tert-OH is 1. The van der Waals surface area contributed by atoms with Crippen molar-refractivity contribution in [1.82, 2.24) is 0 Å². The van der Waals surface area contributed by atoms with Gasteiger partial charge in [-0.1, -0.05) is 0 Å². The molecule has 0 aromatic carbocycles. The molecule has 1 fully saturated rings. The highest BCUT2D eigenvalue weighted by molar-refractivity contribution is 8.00. The van der Waals surface area contributed by atoms with Gasteiger partial charge in [0, 0.05) is 0 Å². The second-order valence-electron chi connectivity index (χ2n) is 3.33. The van der Waals surface area contributed by atoms with Gasteiger partial charge in [0.1, 0.15) is 12.4 Å². The van der Waals surface area contributed by atoms with E-state index in [4.69, 9.17) is 9.15 Å². The van der Waals surface area contributed by atoms with E-state index in [1.165, 1.54) is 6.42 Å². The van der Waals surface area contributed by atoms with E-state index < -0.39 is 6.29 Å². The predicted molar refractivity (Wildman–Crippen MR) is 55.0 cm³/mol. The SMILES string of the molecule is OC(OCc1ccco1)C1CCCS1. The Hall–Kier alpha value is -0.450. The van der Waals surface area contributed by atoms with Crippen LogP contribution in [0.4, 0.5) is 0 Å². The van der Waals surface area contributed by atoms with Gasteiger partial charge in [0.25, 0.3) is 0 Å². The molecule has 78 valence electrons. The molecule has 0 aliphatic carbocycles. The Morgan fingerprint density at radius 3 is 3.29 bits per heavy atom. The van der Waals surface area contributed by atoms with Crippen molar-refractivity contribution in [3.8, 4) is 0 Å². The minimum atomic E-state index is -0.660. The van der Waals surface area contributed by atoms with Gasteiger partial charge in [0.15, 0.2) is 6.29 Å². The quantitative estimate of drug-likeness (QED) is 0.778. The van der Waals surface area contributed by atoms with Gasteiger partial charge in [-0.3, -0.25) is 0 Å². The Balaban J connectivity index is 1.74. The fourth-order valence-corrected chi connectivity index (χ4v) is 2.71. The van der Waals surface area contributed by atoms with E-state index in [0.29, 0.717) is 6.61 Å². The highest BCUT2D eigenvalue weighted by Gasteiger charge is 2.24. The third kappa shape index (κ3) is 2.53. The molecule has 1 saturated heterocycles. The molecule has 2 unspecified atom stereocenters. The van der Waals surface area contributed by atoms with Crippen LogP contribution in [0.3, 0.4) is 0 Å². The summed E-state index contributed by atoms with van der Waals surface area (Å²) in [6.07, 6.45) is 3.17. The maximum absolute atomic E-state index is 9.66.